The van der Waals surface area contributed by atoms with Crippen molar-refractivity contribution in [1.82, 2.24) is 4.98 Å². The summed E-state index contributed by atoms with van der Waals surface area (Å²) in [7, 11) is 0. The summed E-state index contributed by atoms with van der Waals surface area (Å²) in [5.41, 5.74) is 2.77. The zero-order valence-corrected chi connectivity index (χ0v) is 15.2. The number of fused-ring (bicyclic) bond motifs is 1. The molecule has 28 heavy (non-hydrogen) atoms. The minimum absolute atomic E-state index is 0.171. The fraction of sp³-hybridized carbons (Fsp3) is 0.0870. The van der Waals surface area contributed by atoms with E-state index in [1.54, 1.807) is 49.7 Å². The maximum atomic E-state index is 12.6. The Morgan fingerprint density at radius 3 is 2.57 bits per heavy atom. The fourth-order valence-electron chi connectivity index (χ4n) is 3.01. The maximum absolute atomic E-state index is 12.6. The molecular weight excluding hydrogens is 354 g/mol. The number of ketones is 1. The Hall–Kier alpha value is -3.73. The zero-order valence-electron chi connectivity index (χ0n) is 15.2. The lowest BCUT2D eigenvalue weighted by atomic mass is 10.1. The summed E-state index contributed by atoms with van der Waals surface area (Å²) in [4.78, 5) is 28.8. The SMILES string of the molecule is Cc1c(OC(=O)Cc2ccccc2)ccc2c1O/C(=C\c1ccncc1)C2=O. The molecule has 0 unspecified atom stereocenters. The molecule has 0 saturated carbocycles. The molecule has 4 rings (SSSR count). The molecule has 0 aliphatic carbocycles. The number of nitrogens with zero attached hydrogens (tertiary/aromatic N) is 1. The zero-order chi connectivity index (χ0) is 19.5. The van der Waals surface area contributed by atoms with E-state index in [9.17, 15) is 9.59 Å². The number of esters is 1. The number of hydrogen-bond donors (Lipinski definition) is 0. The van der Waals surface area contributed by atoms with Crippen LogP contribution in [0.2, 0.25) is 0 Å². The van der Waals surface area contributed by atoms with Crippen molar-refractivity contribution in [2.45, 2.75) is 13.3 Å². The fourth-order valence-corrected chi connectivity index (χ4v) is 3.01. The van der Waals surface area contributed by atoms with E-state index >= 15 is 0 Å². The van der Waals surface area contributed by atoms with Crippen LogP contribution >= 0.6 is 0 Å². The van der Waals surface area contributed by atoms with E-state index in [-0.39, 0.29) is 23.9 Å². The molecule has 5 heteroatoms. The Bertz CT molecular complexity index is 1070. The first kappa shape index (κ1) is 17.7. The van der Waals surface area contributed by atoms with Gasteiger partial charge in [-0.2, -0.15) is 0 Å². The van der Waals surface area contributed by atoms with Crippen molar-refractivity contribution < 1.29 is 19.1 Å². The molecule has 2 aromatic carbocycles. The van der Waals surface area contributed by atoms with Gasteiger partial charge >= 0.3 is 5.97 Å². The van der Waals surface area contributed by atoms with Crippen molar-refractivity contribution in [1.29, 1.82) is 0 Å². The van der Waals surface area contributed by atoms with Crippen LogP contribution in [-0.2, 0) is 11.2 Å². The average molecular weight is 371 g/mol. The van der Waals surface area contributed by atoms with Crippen molar-refractivity contribution in [2.24, 2.45) is 0 Å². The van der Waals surface area contributed by atoms with Gasteiger partial charge in [-0.3, -0.25) is 14.6 Å². The Labute approximate surface area is 162 Å². The number of ether oxygens (including phenoxy) is 2. The lowest BCUT2D eigenvalue weighted by Crippen LogP contribution is -2.12. The van der Waals surface area contributed by atoms with E-state index in [1.165, 1.54) is 0 Å². The number of carbonyl (C=O) groups excluding carboxylic acids is 2. The van der Waals surface area contributed by atoms with Crippen molar-refractivity contribution in [3.8, 4) is 11.5 Å². The van der Waals surface area contributed by atoms with Gasteiger partial charge in [0.15, 0.2) is 5.76 Å². The highest BCUT2D eigenvalue weighted by atomic mass is 16.5. The number of Topliss-reactive ketones (excluding diaryl/α,β-unsaturated/α-hetero) is 1. The Morgan fingerprint density at radius 1 is 1.07 bits per heavy atom. The molecule has 5 nitrogen and oxygen atoms in total. The topological polar surface area (TPSA) is 65.5 Å². The molecule has 2 heterocycles. The standard InChI is InChI=1S/C23H17NO4/c1-15-19(27-21(25)14-16-5-3-2-4-6-16)8-7-18-22(26)20(28-23(15)18)13-17-9-11-24-12-10-17/h2-13H,14H2,1H3/b20-13-. The van der Waals surface area contributed by atoms with Crippen LogP contribution in [0.15, 0.2) is 72.8 Å². The van der Waals surface area contributed by atoms with E-state index in [0.717, 1.165) is 11.1 Å². The predicted molar refractivity (Wildman–Crippen MR) is 104 cm³/mol. The van der Waals surface area contributed by atoms with Gasteiger partial charge in [0.1, 0.15) is 11.5 Å². The highest BCUT2D eigenvalue weighted by Crippen LogP contribution is 2.39. The largest absolute Gasteiger partial charge is 0.452 e. The molecule has 0 N–H and O–H groups in total. The van der Waals surface area contributed by atoms with Gasteiger partial charge in [0.25, 0.3) is 0 Å². The lowest BCUT2D eigenvalue weighted by molar-refractivity contribution is -0.133. The summed E-state index contributed by atoms with van der Waals surface area (Å²) in [5.74, 6) is 0.480. The molecule has 138 valence electrons. The Kier molecular flexibility index (Phi) is 4.72. The van der Waals surface area contributed by atoms with Gasteiger partial charge in [-0.1, -0.05) is 30.3 Å². The van der Waals surface area contributed by atoms with Gasteiger partial charge in [0.05, 0.1) is 12.0 Å². The smallest absolute Gasteiger partial charge is 0.315 e. The summed E-state index contributed by atoms with van der Waals surface area (Å²) in [6.45, 7) is 1.77. The van der Waals surface area contributed by atoms with E-state index in [1.807, 2.05) is 30.3 Å². The summed E-state index contributed by atoms with van der Waals surface area (Å²) < 4.78 is 11.3. The molecule has 0 spiro atoms. The summed E-state index contributed by atoms with van der Waals surface area (Å²) in [6.07, 6.45) is 5.14. The summed E-state index contributed by atoms with van der Waals surface area (Å²) in [6, 6.07) is 16.2. The maximum Gasteiger partial charge on any atom is 0.315 e. The van der Waals surface area contributed by atoms with Crippen molar-refractivity contribution in [2.75, 3.05) is 0 Å². The molecule has 3 aromatic rings. The summed E-state index contributed by atoms with van der Waals surface area (Å²) in [5, 5.41) is 0. The number of benzene rings is 2. The van der Waals surface area contributed by atoms with Crippen LogP contribution in [0.1, 0.15) is 27.0 Å². The first-order valence-corrected chi connectivity index (χ1v) is 8.84. The molecule has 1 aliphatic heterocycles. The van der Waals surface area contributed by atoms with Crippen LogP contribution in [0.5, 0.6) is 11.5 Å². The van der Waals surface area contributed by atoms with Crippen LogP contribution in [0, 0.1) is 6.92 Å². The average Bonchev–Trinajstić information content (AvgIpc) is 3.02. The molecule has 0 saturated heterocycles. The van der Waals surface area contributed by atoms with Crippen molar-refractivity contribution in [3.05, 3.63) is 95.0 Å². The monoisotopic (exact) mass is 371 g/mol. The van der Waals surface area contributed by atoms with Gasteiger partial charge in [-0.25, -0.2) is 0 Å². The van der Waals surface area contributed by atoms with Gasteiger partial charge < -0.3 is 9.47 Å². The molecule has 0 amide bonds. The number of pyridine rings is 1. The number of rotatable bonds is 4. The Balaban J connectivity index is 1.55. The first-order chi connectivity index (χ1) is 13.6. The van der Waals surface area contributed by atoms with Crippen LogP contribution in [0.25, 0.3) is 6.08 Å². The second kappa shape index (κ2) is 7.48. The van der Waals surface area contributed by atoms with Gasteiger partial charge in [-0.05, 0) is 48.4 Å². The third kappa shape index (κ3) is 3.55. The van der Waals surface area contributed by atoms with Crippen LogP contribution in [-0.4, -0.2) is 16.7 Å². The highest BCUT2D eigenvalue weighted by molar-refractivity contribution is 6.15. The molecule has 1 aliphatic rings. The third-order valence-corrected chi connectivity index (χ3v) is 4.46. The summed E-state index contributed by atoms with van der Waals surface area (Å²) >= 11 is 0. The molecule has 1 aromatic heterocycles. The molecule has 0 fully saturated rings. The normalized spacial score (nSPS) is 13.9. The molecule has 0 bridgehead atoms. The van der Waals surface area contributed by atoms with Crippen molar-refractivity contribution >= 4 is 17.8 Å². The van der Waals surface area contributed by atoms with E-state index in [0.29, 0.717) is 22.6 Å². The quantitative estimate of drug-likeness (QED) is 0.391. The minimum atomic E-state index is -0.369. The minimum Gasteiger partial charge on any atom is -0.452 e. The molecular formula is C23H17NO4. The van der Waals surface area contributed by atoms with E-state index in [2.05, 4.69) is 4.98 Å². The third-order valence-electron chi connectivity index (χ3n) is 4.46. The first-order valence-electron chi connectivity index (χ1n) is 8.84. The van der Waals surface area contributed by atoms with E-state index < -0.39 is 0 Å². The highest BCUT2D eigenvalue weighted by Gasteiger charge is 2.30. The van der Waals surface area contributed by atoms with Crippen LogP contribution in [0.4, 0.5) is 0 Å². The lowest BCUT2D eigenvalue weighted by Gasteiger charge is -2.10. The van der Waals surface area contributed by atoms with Crippen LogP contribution in [0.3, 0.4) is 0 Å². The van der Waals surface area contributed by atoms with E-state index in [4.69, 9.17) is 9.47 Å². The van der Waals surface area contributed by atoms with Crippen molar-refractivity contribution in [3.63, 3.8) is 0 Å². The Morgan fingerprint density at radius 2 is 1.82 bits per heavy atom. The second-order valence-electron chi connectivity index (χ2n) is 6.42. The molecule has 0 atom stereocenters. The second-order valence-corrected chi connectivity index (χ2v) is 6.42. The van der Waals surface area contributed by atoms with Gasteiger partial charge in [0.2, 0.25) is 5.78 Å². The predicted octanol–water partition coefficient (Wildman–Crippen LogP) is 4.15. The van der Waals surface area contributed by atoms with Crippen LogP contribution < -0.4 is 9.47 Å². The van der Waals surface area contributed by atoms with Gasteiger partial charge in [0, 0.05) is 18.0 Å². The number of hydrogen-bond acceptors (Lipinski definition) is 5. The number of carbonyl (C=O) groups is 2. The number of aromatic nitrogens is 1. The molecule has 0 radical (unpaired) electrons. The number of allylic oxidation sites excluding steroid dienone is 1. The van der Waals surface area contributed by atoms with Gasteiger partial charge in [-0.15, -0.1) is 0 Å².